The number of halogens is 4. The zero-order valence-electron chi connectivity index (χ0n) is 11.4. The Balaban J connectivity index is 2.90. The number of nitro groups is 1. The van der Waals surface area contributed by atoms with Crippen LogP contribution in [0.5, 0.6) is 5.75 Å². The lowest BCUT2D eigenvalue weighted by Crippen LogP contribution is -2.05. The van der Waals surface area contributed by atoms with Crippen molar-refractivity contribution in [3.63, 3.8) is 0 Å². The van der Waals surface area contributed by atoms with Crippen LogP contribution in [0.1, 0.15) is 5.56 Å². The van der Waals surface area contributed by atoms with Gasteiger partial charge in [0.05, 0.1) is 23.2 Å². The number of hydrogen-bond donors (Lipinski definition) is 0. The number of nitrogens with zero attached hydrogens (tertiary/aromatic N) is 1. The van der Waals surface area contributed by atoms with E-state index in [-0.39, 0.29) is 0 Å². The van der Waals surface area contributed by atoms with Crippen LogP contribution in [0.2, 0.25) is 0 Å². The summed E-state index contributed by atoms with van der Waals surface area (Å²) < 4.78 is 59.9. The van der Waals surface area contributed by atoms with Crippen molar-refractivity contribution in [2.75, 3.05) is 7.11 Å². The predicted molar refractivity (Wildman–Crippen MR) is 69.7 cm³/mol. The van der Waals surface area contributed by atoms with Crippen LogP contribution in [0, 0.1) is 40.3 Å². The summed E-state index contributed by atoms with van der Waals surface area (Å²) in [7, 11) is 0.842. The molecule has 0 aliphatic rings. The predicted octanol–water partition coefficient (Wildman–Crippen LogP) is 4.14. The minimum Gasteiger partial charge on any atom is -0.491 e. The molecule has 4 nitrogen and oxygen atoms in total. The highest BCUT2D eigenvalue weighted by molar-refractivity contribution is 5.76. The Hall–Kier alpha value is -2.64. The van der Waals surface area contributed by atoms with Gasteiger partial charge in [0.2, 0.25) is 11.6 Å². The molecule has 0 bridgehead atoms. The summed E-state index contributed by atoms with van der Waals surface area (Å²) in [4.78, 5) is 10.1. The van der Waals surface area contributed by atoms with Crippen LogP contribution in [-0.2, 0) is 0 Å². The molecule has 22 heavy (non-hydrogen) atoms. The van der Waals surface area contributed by atoms with Gasteiger partial charge in [-0.05, 0) is 13.0 Å². The topological polar surface area (TPSA) is 52.4 Å². The molecule has 0 fully saturated rings. The average molecular weight is 315 g/mol. The molecule has 0 saturated carbocycles. The Morgan fingerprint density at radius 2 is 1.59 bits per heavy atom. The SMILES string of the molecule is COc1c(F)c(F)c(-c2cc(C)ccc2[N+](=O)[O-])c(F)c1F. The third-order valence-electron chi connectivity index (χ3n) is 3.05. The molecule has 2 aromatic rings. The largest absolute Gasteiger partial charge is 0.491 e. The quantitative estimate of drug-likeness (QED) is 0.370. The van der Waals surface area contributed by atoms with Crippen molar-refractivity contribution in [2.45, 2.75) is 6.92 Å². The van der Waals surface area contributed by atoms with E-state index in [1.807, 2.05) is 0 Å². The third-order valence-corrected chi connectivity index (χ3v) is 3.05. The number of methoxy groups -OCH3 is 1. The van der Waals surface area contributed by atoms with Gasteiger partial charge in [-0.1, -0.05) is 11.6 Å². The van der Waals surface area contributed by atoms with Crippen LogP contribution >= 0.6 is 0 Å². The maximum Gasteiger partial charge on any atom is 0.277 e. The van der Waals surface area contributed by atoms with Crippen molar-refractivity contribution in [3.8, 4) is 16.9 Å². The Labute approximate surface area is 122 Å². The lowest BCUT2D eigenvalue weighted by atomic mass is 9.99. The van der Waals surface area contributed by atoms with Crippen molar-refractivity contribution in [1.29, 1.82) is 0 Å². The van der Waals surface area contributed by atoms with Gasteiger partial charge in [0.25, 0.3) is 5.69 Å². The van der Waals surface area contributed by atoms with Crippen LogP contribution in [0.3, 0.4) is 0 Å². The molecule has 2 aromatic carbocycles. The van der Waals surface area contributed by atoms with E-state index in [1.165, 1.54) is 13.0 Å². The monoisotopic (exact) mass is 315 g/mol. The van der Waals surface area contributed by atoms with Gasteiger partial charge in [-0.25, -0.2) is 8.78 Å². The smallest absolute Gasteiger partial charge is 0.277 e. The normalized spacial score (nSPS) is 10.6. The Kier molecular flexibility index (Phi) is 4.03. The second-order valence-corrected chi connectivity index (χ2v) is 4.44. The molecule has 116 valence electrons. The first-order valence-corrected chi connectivity index (χ1v) is 5.95. The fourth-order valence-electron chi connectivity index (χ4n) is 2.04. The van der Waals surface area contributed by atoms with E-state index < -0.39 is 50.8 Å². The second kappa shape index (κ2) is 5.63. The molecule has 0 spiro atoms. The minimum atomic E-state index is -1.76. The zero-order valence-corrected chi connectivity index (χ0v) is 11.4. The van der Waals surface area contributed by atoms with Gasteiger partial charge < -0.3 is 4.74 Å². The molecular formula is C14H9F4NO3. The molecule has 0 aromatic heterocycles. The molecule has 0 amide bonds. The number of benzene rings is 2. The van der Waals surface area contributed by atoms with Crippen LogP contribution in [0.15, 0.2) is 18.2 Å². The van der Waals surface area contributed by atoms with Crippen LogP contribution < -0.4 is 4.74 Å². The van der Waals surface area contributed by atoms with Gasteiger partial charge in [-0.2, -0.15) is 8.78 Å². The summed E-state index contributed by atoms with van der Waals surface area (Å²) in [5.74, 6) is -8.26. The first-order chi connectivity index (χ1) is 10.3. The molecule has 0 aliphatic heterocycles. The number of aryl methyl sites for hydroxylation is 1. The minimum absolute atomic E-state index is 0.427. The van der Waals surface area contributed by atoms with E-state index >= 15 is 0 Å². The van der Waals surface area contributed by atoms with Gasteiger partial charge in [-0.15, -0.1) is 0 Å². The number of rotatable bonds is 3. The van der Waals surface area contributed by atoms with E-state index in [2.05, 4.69) is 4.74 Å². The standard InChI is InChI=1S/C14H9F4NO3/c1-6-3-4-8(19(20)21)7(5-6)9-10(15)12(17)14(22-2)13(18)11(9)16/h3-5H,1-2H3. The van der Waals surface area contributed by atoms with E-state index in [9.17, 15) is 27.7 Å². The molecule has 0 atom stereocenters. The van der Waals surface area contributed by atoms with E-state index in [4.69, 9.17) is 0 Å². The first kappa shape index (κ1) is 15.7. The molecule has 0 heterocycles. The lowest BCUT2D eigenvalue weighted by molar-refractivity contribution is -0.384. The van der Waals surface area contributed by atoms with Crippen molar-refractivity contribution < 1.29 is 27.2 Å². The van der Waals surface area contributed by atoms with Crippen molar-refractivity contribution >= 4 is 5.69 Å². The third kappa shape index (κ3) is 2.36. The van der Waals surface area contributed by atoms with Gasteiger partial charge in [0, 0.05) is 6.07 Å². The van der Waals surface area contributed by atoms with E-state index in [0.717, 1.165) is 19.2 Å². The van der Waals surface area contributed by atoms with E-state index in [0.29, 0.717) is 5.56 Å². The number of ether oxygens (including phenoxy) is 1. The zero-order chi connectivity index (χ0) is 16.6. The summed E-state index contributed by atoms with van der Waals surface area (Å²) in [5, 5.41) is 11.0. The second-order valence-electron chi connectivity index (χ2n) is 4.44. The molecular weight excluding hydrogens is 306 g/mol. The summed E-state index contributed by atoms with van der Waals surface area (Å²) in [6, 6.07) is 3.42. The molecule has 0 aliphatic carbocycles. The Morgan fingerprint density at radius 1 is 1.05 bits per heavy atom. The molecule has 8 heteroatoms. The molecule has 0 radical (unpaired) electrons. The van der Waals surface area contributed by atoms with Crippen molar-refractivity contribution in [3.05, 3.63) is 57.1 Å². The molecule has 2 rings (SSSR count). The molecule has 0 unspecified atom stereocenters. The highest BCUT2D eigenvalue weighted by Crippen LogP contribution is 2.39. The van der Waals surface area contributed by atoms with Crippen LogP contribution in [0.25, 0.3) is 11.1 Å². The van der Waals surface area contributed by atoms with E-state index in [1.54, 1.807) is 0 Å². The van der Waals surface area contributed by atoms with Crippen LogP contribution in [0.4, 0.5) is 23.2 Å². The van der Waals surface area contributed by atoms with Gasteiger partial charge in [0.15, 0.2) is 17.4 Å². The molecule has 0 saturated heterocycles. The summed E-state index contributed by atoms with van der Waals surface area (Å²) in [6.45, 7) is 1.51. The van der Waals surface area contributed by atoms with Gasteiger partial charge in [-0.3, -0.25) is 10.1 Å². The molecule has 0 N–H and O–H groups in total. The van der Waals surface area contributed by atoms with Crippen LogP contribution in [-0.4, -0.2) is 12.0 Å². The van der Waals surface area contributed by atoms with Crippen molar-refractivity contribution in [1.82, 2.24) is 0 Å². The Bertz CT molecular complexity index is 748. The average Bonchev–Trinajstić information content (AvgIpc) is 2.46. The number of nitro benzene ring substituents is 1. The fourth-order valence-corrected chi connectivity index (χ4v) is 2.04. The van der Waals surface area contributed by atoms with Crippen molar-refractivity contribution in [2.24, 2.45) is 0 Å². The summed E-state index contributed by atoms with van der Waals surface area (Å²) >= 11 is 0. The first-order valence-electron chi connectivity index (χ1n) is 5.95. The van der Waals surface area contributed by atoms with Gasteiger partial charge in [0.1, 0.15) is 0 Å². The summed E-state index contributed by atoms with van der Waals surface area (Å²) in [5.41, 5.74) is -1.95. The lowest BCUT2D eigenvalue weighted by Gasteiger charge is -2.12. The Morgan fingerprint density at radius 3 is 2.05 bits per heavy atom. The maximum atomic E-state index is 14.1. The van der Waals surface area contributed by atoms with Gasteiger partial charge >= 0.3 is 0 Å². The highest BCUT2D eigenvalue weighted by Gasteiger charge is 2.30. The summed E-state index contributed by atoms with van der Waals surface area (Å²) in [6.07, 6.45) is 0. The highest BCUT2D eigenvalue weighted by atomic mass is 19.2. The fraction of sp³-hybridized carbons (Fsp3) is 0.143. The number of hydrogen-bond acceptors (Lipinski definition) is 3. The maximum absolute atomic E-state index is 14.1.